The largest absolute Gasteiger partial charge is 0.510 e. The third-order valence-corrected chi connectivity index (χ3v) is 3.80. The molecule has 24 heavy (non-hydrogen) atoms. The fraction of sp³-hybridized carbons (Fsp3) is 0.267. The number of carbonyl (C=O) groups excluding carboxylic acids is 1. The Morgan fingerprint density at radius 2 is 2.17 bits per heavy atom. The van der Waals surface area contributed by atoms with Crippen LogP contribution in [0.1, 0.15) is 34.4 Å². The van der Waals surface area contributed by atoms with E-state index in [1.54, 1.807) is 13.1 Å². The summed E-state index contributed by atoms with van der Waals surface area (Å²) >= 11 is 0. The number of pyridine rings is 1. The maximum absolute atomic E-state index is 12.7. The molecule has 6 nitrogen and oxygen atoms in total. The molecule has 0 radical (unpaired) electrons. The average molecular weight is 338 g/mol. The third kappa shape index (κ3) is 2.84. The first-order chi connectivity index (χ1) is 11.2. The number of nitrogens with one attached hydrogen (secondary N) is 2. The first kappa shape index (κ1) is 16.0. The Bertz CT molecular complexity index is 828. The van der Waals surface area contributed by atoms with Crippen molar-refractivity contribution in [3.8, 4) is 0 Å². The summed E-state index contributed by atoms with van der Waals surface area (Å²) in [5, 5.41) is 19.3. The molecule has 2 heterocycles. The number of amides is 1. The highest BCUT2D eigenvalue weighted by molar-refractivity contribution is 5.93. The molecule has 1 aliphatic rings. The minimum absolute atomic E-state index is 0.125. The molecule has 0 aromatic carbocycles. The number of aromatic nitrogens is 3. The number of aromatic amines is 1. The molecule has 0 bridgehead atoms. The van der Waals surface area contributed by atoms with Crippen molar-refractivity contribution in [2.75, 3.05) is 0 Å². The number of fused-ring (bicyclic) bond motifs is 1. The van der Waals surface area contributed by atoms with Gasteiger partial charge in [0.25, 0.3) is 5.91 Å². The van der Waals surface area contributed by atoms with Crippen LogP contribution in [0.4, 0.5) is 13.2 Å². The molecule has 126 valence electrons. The second-order valence-electron chi connectivity index (χ2n) is 5.71. The van der Waals surface area contributed by atoms with Crippen LogP contribution >= 0.6 is 0 Å². The number of aliphatic hydroxyl groups is 1. The van der Waals surface area contributed by atoms with Crippen molar-refractivity contribution in [3.05, 3.63) is 52.8 Å². The second-order valence-corrected chi connectivity index (χ2v) is 5.71. The van der Waals surface area contributed by atoms with Gasteiger partial charge in [-0.3, -0.25) is 9.89 Å². The lowest BCUT2D eigenvalue weighted by Crippen LogP contribution is -2.50. The van der Waals surface area contributed by atoms with Crippen LogP contribution in [-0.2, 0) is 12.6 Å². The van der Waals surface area contributed by atoms with Gasteiger partial charge in [-0.1, -0.05) is 6.07 Å². The number of carbonyl (C=O) groups is 1. The summed E-state index contributed by atoms with van der Waals surface area (Å²) in [7, 11) is 0. The van der Waals surface area contributed by atoms with Crippen molar-refractivity contribution in [2.24, 2.45) is 0 Å². The highest BCUT2D eigenvalue weighted by Gasteiger charge is 2.37. The smallest absolute Gasteiger partial charge is 0.433 e. The lowest BCUT2D eigenvalue weighted by molar-refractivity contribution is -0.141. The van der Waals surface area contributed by atoms with Gasteiger partial charge in [0.2, 0.25) is 0 Å². The zero-order valence-electron chi connectivity index (χ0n) is 12.5. The number of nitrogens with zero attached hydrogens (tertiary/aromatic N) is 2. The molecule has 3 rings (SSSR count). The van der Waals surface area contributed by atoms with Crippen LogP contribution in [0.25, 0.3) is 6.08 Å². The van der Waals surface area contributed by atoms with Gasteiger partial charge in [-0.15, -0.1) is 0 Å². The first-order valence-corrected chi connectivity index (χ1v) is 6.99. The van der Waals surface area contributed by atoms with Gasteiger partial charge in [0.05, 0.1) is 17.4 Å². The average Bonchev–Trinajstić information content (AvgIpc) is 2.93. The van der Waals surface area contributed by atoms with E-state index in [0.29, 0.717) is 5.69 Å². The molecule has 1 aliphatic carbocycles. The Hall–Kier alpha value is -2.84. The maximum atomic E-state index is 12.7. The summed E-state index contributed by atoms with van der Waals surface area (Å²) in [6, 6.07) is 3.08. The lowest BCUT2D eigenvalue weighted by Gasteiger charge is -2.32. The van der Waals surface area contributed by atoms with Crippen molar-refractivity contribution in [2.45, 2.75) is 25.1 Å². The highest BCUT2D eigenvalue weighted by Crippen LogP contribution is 2.30. The van der Waals surface area contributed by atoms with E-state index in [1.165, 1.54) is 12.1 Å². The zero-order chi connectivity index (χ0) is 17.5. The quantitative estimate of drug-likeness (QED) is 0.784. The van der Waals surface area contributed by atoms with Crippen LogP contribution in [0.5, 0.6) is 0 Å². The fourth-order valence-corrected chi connectivity index (χ4v) is 2.50. The summed E-state index contributed by atoms with van der Waals surface area (Å²) < 4.78 is 38.1. The molecule has 0 fully saturated rings. The Morgan fingerprint density at radius 3 is 2.88 bits per heavy atom. The van der Waals surface area contributed by atoms with Crippen LogP contribution in [0, 0.1) is 0 Å². The van der Waals surface area contributed by atoms with Gasteiger partial charge in [-0.25, -0.2) is 4.98 Å². The van der Waals surface area contributed by atoms with Crippen molar-refractivity contribution in [1.29, 1.82) is 0 Å². The van der Waals surface area contributed by atoms with Gasteiger partial charge in [-0.05, 0) is 19.1 Å². The number of halogens is 3. The normalized spacial score (nSPS) is 20.2. The predicted octanol–water partition coefficient (Wildman–Crippen LogP) is 2.47. The molecular formula is C15H13F3N4O2. The summed E-state index contributed by atoms with van der Waals surface area (Å²) in [6.07, 6.45) is -1.42. The van der Waals surface area contributed by atoms with Gasteiger partial charge in [0.15, 0.2) is 0 Å². The molecule has 0 saturated heterocycles. The molecule has 1 atom stereocenters. The molecule has 0 spiro atoms. The monoisotopic (exact) mass is 338 g/mol. The standard InChI is InChI=1S/C15H13F3N4O2/c1-14(6-8-7-19-22-10(8)5-12(14)23)21-13(24)9-3-2-4-11(20-9)15(16,17)18/h2-5,7,23H,6H2,1H3,(H,19,22)(H,21,24). The molecule has 1 amide bonds. The van der Waals surface area contributed by atoms with Crippen LogP contribution < -0.4 is 5.32 Å². The van der Waals surface area contributed by atoms with E-state index in [0.717, 1.165) is 17.7 Å². The van der Waals surface area contributed by atoms with E-state index in [-0.39, 0.29) is 17.9 Å². The lowest BCUT2D eigenvalue weighted by atomic mass is 9.86. The molecule has 1 unspecified atom stereocenters. The number of aliphatic hydroxyl groups excluding tert-OH is 1. The van der Waals surface area contributed by atoms with Gasteiger partial charge < -0.3 is 10.4 Å². The highest BCUT2D eigenvalue weighted by atomic mass is 19.4. The SMILES string of the molecule is CC1(NC(=O)c2cccc(C(F)(F)F)n2)Cc2cn[nH]c2C=C1O. The van der Waals surface area contributed by atoms with Gasteiger partial charge in [-0.2, -0.15) is 18.3 Å². The maximum Gasteiger partial charge on any atom is 0.433 e. The van der Waals surface area contributed by atoms with Gasteiger partial charge in [0, 0.05) is 18.1 Å². The number of hydrogen-bond acceptors (Lipinski definition) is 4. The van der Waals surface area contributed by atoms with E-state index in [9.17, 15) is 23.1 Å². The van der Waals surface area contributed by atoms with Crippen LogP contribution in [0.2, 0.25) is 0 Å². The molecule has 9 heteroatoms. The van der Waals surface area contributed by atoms with E-state index < -0.39 is 23.3 Å². The number of alkyl halides is 3. The topological polar surface area (TPSA) is 90.9 Å². The fourth-order valence-electron chi connectivity index (χ4n) is 2.50. The Kier molecular flexibility index (Phi) is 3.58. The molecule has 2 aromatic rings. The van der Waals surface area contributed by atoms with Crippen molar-refractivity contribution < 1.29 is 23.1 Å². The molecule has 0 aliphatic heterocycles. The number of H-pyrrole nitrogens is 1. The first-order valence-electron chi connectivity index (χ1n) is 6.99. The van der Waals surface area contributed by atoms with Crippen molar-refractivity contribution >= 4 is 12.0 Å². The zero-order valence-corrected chi connectivity index (χ0v) is 12.5. The van der Waals surface area contributed by atoms with Crippen molar-refractivity contribution in [3.63, 3.8) is 0 Å². The van der Waals surface area contributed by atoms with E-state index in [1.807, 2.05) is 0 Å². The minimum Gasteiger partial charge on any atom is -0.510 e. The van der Waals surface area contributed by atoms with E-state index >= 15 is 0 Å². The Morgan fingerprint density at radius 1 is 1.42 bits per heavy atom. The van der Waals surface area contributed by atoms with Crippen LogP contribution in [0.3, 0.4) is 0 Å². The van der Waals surface area contributed by atoms with Crippen LogP contribution in [-0.4, -0.2) is 31.7 Å². The minimum atomic E-state index is -4.64. The molecule has 0 saturated carbocycles. The second kappa shape index (κ2) is 5.36. The summed E-state index contributed by atoms with van der Waals surface area (Å²) in [5.41, 5.74) is -1.30. The molecule has 3 N–H and O–H groups in total. The van der Waals surface area contributed by atoms with Crippen molar-refractivity contribution in [1.82, 2.24) is 20.5 Å². The third-order valence-electron chi connectivity index (χ3n) is 3.80. The Balaban J connectivity index is 1.85. The predicted molar refractivity (Wildman–Crippen MR) is 78.0 cm³/mol. The van der Waals surface area contributed by atoms with E-state index in [2.05, 4.69) is 20.5 Å². The summed E-state index contributed by atoms with van der Waals surface area (Å²) in [4.78, 5) is 15.6. The summed E-state index contributed by atoms with van der Waals surface area (Å²) in [5.74, 6) is -0.935. The van der Waals surface area contributed by atoms with Crippen LogP contribution in [0.15, 0.2) is 30.2 Å². The van der Waals surface area contributed by atoms with Gasteiger partial charge in [0.1, 0.15) is 17.1 Å². The van der Waals surface area contributed by atoms with E-state index in [4.69, 9.17) is 0 Å². The van der Waals surface area contributed by atoms with Gasteiger partial charge >= 0.3 is 6.18 Å². The summed E-state index contributed by atoms with van der Waals surface area (Å²) in [6.45, 7) is 1.57. The number of rotatable bonds is 2. The number of hydrogen-bond donors (Lipinski definition) is 3. The molecular weight excluding hydrogens is 325 g/mol. The molecule has 2 aromatic heterocycles. The Labute approximate surface area is 134 Å².